The molecule has 0 spiro atoms. The van der Waals surface area contributed by atoms with Gasteiger partial charge in [-0.3, -0.25) is 0 Å². The summed E-state index contributed by atoms with van der Waals surface area (Å²) in [6.45, 7) is 6.18. The predicted octanol–water partition coefficient (Wildman–Crippen LogP) is 2.29. The Morgan fingerprint density at radius 3 is 2.82 bits per heavy atom. The second-order valence-corrected chi connectivity index (χ2v) is 5.41. The lowest BCUT2D eigenvalue weighted by Crippen LogP contribution is -2.22. The lowest BCUT2D eigenvalue weighted by Gasteiger charge is -2.11. The zero-order valence-electron chi connectivity index (χ0n) is 11.1. The predicted molar refractivity (Wildman–Crippen MR) is 74.1 cm³/mol. The summed E-state index contributed by atoms with van der Waals surface area (Å²) in [5, 5.41) is 12.4. The summed E-state index contributed by atoms with van der Waals surface area (Å²) in [6, 6.07) is 4.18. The summed E-state index contributed by atoms with van der Waals surface area (Å²) in [7, 11) is 1.94. The molecule has 0 saturated carbocycles. The maximum absolute atomic E-state index is 8.95. The molecule has 1 aromatic heterocycles. The Hall–Kier alpha value is -0.920. The van der Waals surface area contributed by atoms with Crippen LogP contribution < -0.4 is 5.32 Å². The third kappa shape index (κ3) is 3.79. The van der Waals surface area contributed by atoms with Crippen LogP contribution in [0.25, 0.3) is 0 Å². The van der Waals surface area contributed by atoms with Crippen LogP contribution in [0.3, 0.4) is 0 Å². The lowest BCUT2D eigenvalue weighted by molar-refractivity contribution is 0.558. The SMILES string of the molecule is CSCC(C)CNCc1cc(C#N)n(C)c1C. The van der Waals surface area contributed by atoms with Gasteiger partial charge < -0.3 is 9.88 Å². The molecule has 0 aliphatic carbocycles. The molecular formula is C13H21N3S. The lowest BCUT2D eigenvalue weighted by atomic mass is 10.2. The minimum absolute atomic E-state index is 0.685. The molecule has 0 amide bonds. The van der Waals surface area contributed by atoms with Gasteiger partial charge in [-0.1, -0.05) is 6.92 Å². The summed E-state index contributed by atoms with van der Waals surface area (Å²) in [5.74, 6) is 1.87. The Bertz CT molecular complexity index is 404. The van der Waals surface area contributed by atoms with Crippen LogP contribution in [0.15, 0.2) is 6.07 Å². The molecule has 0 fully saturated rings. The fourth-order valence-corrected chi connectivity index (χ4v) is 2.53. The molecule has 0 radical (unpaired) electrons. The van der Waals surface area contributed by atoms with E-state index in [-0.39, 0.29) is 0 Å². The molecule has 1 unspecified atom stereocenters. The minimum Gasteiger partial charge on any atom is -0.340 e. The molecule has 1 atom stereocenters. The quantitative estimate of drug-likeness (QED) is 0.843. The molecule has 0 aliphatic heterocycles. The summed E-state index contributed by atoms with van der Waals surface area (Å²) >= 11 is 1.88. The van der Waals surface area contributed by atoms with Crippen LogP contribution >= 0.6 is 11.8 Å². The average molecular weight is 251 g/mol. The number of hydrogen-bond donors (Lipinski definition) is 1. The van der Waals surface area contributed by atoms with Gasteiger partial charge in [-0.25, -0.2) is 0 Å². The van der Waals surface area contributed by atoms with Gasteiger partial charge in [0.1, 0.15) is 11.8 Å². The number of nitriles is 1. The number of rotatable bonds is 6. The minimum atomic E-state index is 0.685. The van der Waals surface area contributed by atoms with Crippen molar-refractivity contribution in [3.8, 4) is 6.07 Å². The molecule has 94 valence electrons. The Morgan fingerprint density at radius 2 is 2.29 bits per heavy atom. The van der Waals surface area contributed by atoms with E-state index in [0.29, 0.717) is 5.92 Å². The Balaban J connectivity index is 2.50. The molecular weight excluding hydrogens is 230 g/mol. The molecule has 1 aromatic rings. The fourth-order valence-electron chi connectivity index (χ4n) is 1.85. The first-order valence-corrected chi connectivity index (χ1v) is 7.24. The second kappa shape index (κ2) is 6.73. The van der Waals surface area contributed by atoms with Gasteiger partial charge in [-0.05, 0) is 43.0 Å². The highest BCUT2D eigenvalue weighted by Gasteiger charge is 2.08. The monoisotopic (exact) mass is 251 g/mol. The molecule has 17 heavy (non-hydrogen) atoms. The van der Waals surface area contributed by atoms with Crippen molar-refractivity contribution in [2.75, 3.05) is 18.6 Å². The molecule has 0 saturated heterocycles. The van der Waals surface area contributed by atoms with Gasteiger partial charge in [0.05, 0.1) is 0 Å². The normalized spacial score (nSPS) is 12.4. The topological polar surface area (TPSA) is 40.8 Å². The van der Waals surface area contributed by atoms with E-state index in [4.69, 9.17) is 5.26 Å². The molecule has 4 heteroatoms. The maximum atomic E-state index is 8.95. The van der Waals surface area contributed by atoms with Gasteiger partial charge in [0.15, 0.2) is 0 Å². The first kappa shape index (κ1) is 14.1. The molecule has 3 nitrogen and oxygen atoms in total. The largest absolute Gasteiger partial charge is 0.340 e. The van der Waals surface area contributed by atoms with E-state index in [9.17, 15) is 0 Å². The van der Waals surface area contributed by atoms with E-state index in [1.807, 2.05) is 29.4 Å². The third-order valence-corrected chi connectivity index (χ3v) is 3.92. The first-order chi connectivity index (χ1) is 8.10. The van der Waals surface area contributed by atoms with Crippen molar-refractivity contribution >= 4 is 11.8 Å². The van der Waals surface area contributed by atoms with Crippen LogP contribution in [0.2, 0.25) is 0 Å². The van der Waals surface area contributed by atoms with Crippen LogP contribution in [-0.4, -0.2) is 23.1 Å². The van der Waals surface area contributed by atoms with E-state index >= 15 is 0 Å². The van der Waals surface area contributed by atoms with Crippen LogP contribution in [0.4, 0.5) is 0 Å². The van der Waals surface area contributed by atoms with E-state index in [2.05, 4.69) is 31.5 Å². The van der Waals surface area contributed by atoms with Crippen LogP contribution in [0.1, 0.15) is 23.9 Å². The number of hydrogen-bond acceptors (Lipinski definition) is 3. The van der Waals surface area contributed by atoms with Crippen LogP contribution in [0.5, 0.6) is 0 Å². The fraction of sp³-hybridized carbons (Fsp3) is 0.615. The maximum Gasteiger partial charge on any atom is 0.120 e. The highest BCUT2D eigenvalue weighted by molar-refractivity contribution is 7.98. The Kier molecular flexibility index (Phi) is 5.60. The van der Waals surface area contributed by atoms with E-state index in [0.717, 1.165) is 18.8 Å². The third-order valence-electron chi connectivity index (χ3n) is 3.01. The molecule has 1 rings (SSSR count). The zero-order chi connectivity index (χ0) is 12.8. The van der Waals surface area contributed by atoms with E-state index in [1.165, 1.54) is 17.0 Å². The zero-order valence-corrected chi connectivity index (χ0v) is 11.9. The van der Waals surface area contributed by atoms with Crippen molar-refractivity contribution in [3.05, 3.63) is 23.0 Å². The van der Waals surface area contributed by atoms with Crippen molar-refractivity contribution in [1.29, 1.82) is 5.26 Å². The number of nitrogens with zero attached hydrogens (tertiary/aromatic N) is 2. The van der Waals surface area contributed by atoms with Crippen molar-refractivity contribution in [3.63, 3.8) is 0 Å². The van der Waals surface area contributed by atoms with Gasteiger partial charge in [0.2, 0.25) is 0 Å². The molecule has 1 heterocycles. The van der Waals surface area contributed by atoms with Gasteiger partial charge in [-0.2, -0.15) is 17.0 Å². The van der Waals surface area contributed by atoms with Crippen molar-refractivity contribution in [2.45, 2.75) is 20.4 Å². The summed E-state index contributed by atoms with van der Waals surface area (Å²) in [5.41, 5.74) is 3.13. The Morgan fingerprint density at radius 1 is 1.59 bits per heavy atom. The molecule has 0 aliphatic rings. The summed E-state index contributed by atoms with van der Waals surface area (Å²) < 4.78 is 1.95. The highest BCUT2D eigenvalue weighted by atomic mass is 32.2. The summed E-state index contributed by atoms with van der Waals surface area (Å²) in [4.78, 5) is 0. The standard InChI is InChI=1S/C13H21N3S/c1-10(9-17-4)7-15-8-12-5-13(6-14)16(3)11(12)2/h5,10,15H,7-9H2,1-4H3. The molecule has 1 N–H and O–H groups in total. The smallest absolute Gasteiger partial charge is 0.120 e. The molecule has 0 bridgehead atoms. The number of aromatic nitrogens is 1. The Labute approximate surface area is 108 Å². The molecule has 0 aromatic carbocycles. The van der Waals surface area contributed by atoms with Crippen molar-refractivity contribution in [2.24, 2.45) is 13.0 Å². The van der Waals surface area contributed by atoms with Gasteiger partial charge in [0, 0.05) is 19.3 Å². The number of nitrogens with one attached hydrogen (secondary N) is 1. The van der Waals surface area contributed by atoms with E-state index in [1.54, 1.807) is 0 Å². The van der Waals surface area contributed by atoms with Crippen molar-refractivity contribution in [1.82, 2.24) is 9.88 Å². The van der Waals surface area contributed by atoms with Gasteiger partial charge >= 0.3 is 0 Å². The van der Waals surface area contributed by atoms with Gasteiger partial charge in [-0.15, -0.1) is 0 Å². The van der Waals surface area contributed by atoms with E-state index < -0.39 is 0 Å². The highest BCUT2D eigenvalue weighted by Crippen LogP contribution is 2.13. The van der Waals surface area contributed by atoms with Crippen molar-refractivity contribution < 1.29 is 0 Å². The average Bonchev–Trinajstić information content (AvgIpc) is 2.57. The van der Waals surface area contributed by atoms with Gasteiger partial charge in [0.25, 0.3) is 0 Å². The second-order valence-electron chi connectivity index (χ2n) is 4.50. The van der Waals surface area contributed by atoms with Crippen LogP contribution in [-0.2, 0) is 13.6 Å². The van der Waals surface area contributed by atoms with Crippen LogP contribution in [0, 0.1) is 24.2 Å². The first-order valence-electron chi connectivity index (χ1n) is 5.85. The summed E-state index contributed by atoms with van der Waals surface area (Å²) in [6.07, 6.45) is 2.14. The number of thioether (sulfide) groups is 1.